The van der Waals surface area contributed by atoms with Gasteiger partial charge in [-0.2, -0.15) is 0 Å². The van der Waals surface area contributed by atoms with Gasteiger partial charge < -0.3 is 10.6 Å². The first-order chi connectivity index (χ1) is 22.1. The number of terminal acetylenes is 1. The van der Waals surface area contributed by atoms with E-state index in [9.17, 15) is 14.4 Å². The van der Waals surface area contributed by atoms with E-state index in [1.54, 1.807) is 12.5 Å². The van der Waals surface area contributed by atoms with E-state index < -0.39 is 0 Å². The zero-order valence-electron chi connectivity index (χ0n) is 32.2. The molecule has 3 unspecified atom stereocenters. The monoisotopic (exact) mass is 653 g/mol. The quantitative estimate of drug-likeness (QED) is 0.0800. The average Bonchev–Trinajstić information content (AvgIpc) is 3.95. The summed E-state index contributed by atoms with van der Waals surface area (Å²) in [5.74, 6) is 3.99. The Morgan fingerprint density at radius 1 is 0.957 bits per heavy atom. The summed E-state index contributed by atoms with van der Waals surface area (Å²) < 4.78 is 0. The van der Waals surface area contributed by atoms with Crippen LogP contribution in [0.1, 0.15) is 134 Å². The van der Waals surface area contributed by atoms with Gasteiger partial charge in [-0.05, 0) is 103 Å². The summed E-state index contributed by atoms with van der Waals surface area (Å²) in [6.07, 6.45) is 30.6. The Bertz CT molecular complexity index is 1010. The first kappa shape index (κ1) is 46.2. The van der Waals surface area contributed by atoms with Crippen molar-refractivity contribution >= 4 is 18.1 Å². The second kappa shape index (κ2) is 26.1. The highest BCUT2D eigenvalue weighted by Crippen LogP contribution is 2.48. The van der Waals surface area contributed by atoms with Gasteiger partial charge >= 0.3 is 0 Å². The smallest absolute Gasteiger partial charge is 0.224 e. The molecule has 3 atom stereocenters. The number of carbonyl (C=O) groups is 3. The van der Waals surface area contributed by atoms with Gasteiger partial charge in [0.1, 0.15) is 5.78 Å². The van der Waals surface area contributed by atoms with Crippen LogP contribution < -0.4 is 10.6 Å². The van der Waals surface area contributed by atoms with Gasteiger partial charge in [0, 0.05) is 23.9 Å². The largest absolute Gasteiger partial charge is 0.358 e. The lowest BCUT2D eigenvalue weighted by Crippen LogP contribution is -2.55. The second-order valence-corrected chi connectivity index (χ2v) is 14.7. The minimum absolute atomic E-state index is 0.0916. The summed E-state index contributed by atoms with van der Waals surface area (Å²) in [6.45, 7) is 26.7. The molecule has 47 heavy (non-hydrogen) atoms. The molecule has 2 amide bonds. The van der Waals surface area contributed by atoms with Crippen LogP contribution in [0.4, 0.5) is 0 Å². The van der Waals surface area contributed by atoms with Gasteiger partial charge in [-0.25, -0.2) is 0 Å². The Kier molecular flexibility index (Phi) is 25.7. The average molecular weight is 653 g/mol. The first-order valence-corrected chi connectivity index (χ1v) is 18.1. The maximum absolute atomic E-state index is 12.6. The fraction of sp³-hybridized carbons (Fsp3) is 0.690. The number of Topliss-reactive ketones (excluding diaryl/α,β-unsaturated/α-hetero) is 1. The number of carbonyl (C=O) groups excluding carboxylic acids is 3. The number of nitrogens with one attached hydrogen (secondary N) is 2. The summed E-state index contributed by atoms with van der Waals surface area (Å²) in [4.78, 5) is 33.2. The van der Waals surface area contributed by atoms with Crippen LogP contribution in [0.25, 0.3) is 0 Å². The molecule has 0 heterocycles. The van der Waals surface area contributed by atoms with E-state index in [0.29, 0.717) is 24.3 Å². The van der Waals surface area contributed by atoms with Crippen molar-refractivity contribution < 1.29 is 14.4 Å². The molecule has 0 aliphatic heterocycles. The van der Waals surface area contributed by atoms with Crippen LogP contribution in [0.3, 0.4) is 0 Å². The Morgan fingerprint density at radius 2 is 1.51 bits per heavy atom. The van der Waals surface area contributed by atoms with E-state index >= 15 is 0 Å². The van der Waals surface area contributed by atoms with Gasteiger partial charge in [0.05, 0.1) is 0 Å². The molecule has 5 heteroatoms. The number of amides is 2. The Balaban J connectivity index is 0. The molecule has 0 saturated heterocycles. The molecule has 2 N–H and O–H groups in total. The Morgan fingerprint density at radius 3 is 1.91 bits per heavy atom. The standard InChI is InChI=1S/C16H28N2O2.C14H22.C5H10O.C5H10.C2H2/c1-4-16(2,3)18-15(20)14-12(7-11-5-6-11)8-13(14)9-17-10-19;1-4-5-6-7-8-9-12(2)13(3)14-10-11-14;1-4(2)5(3)6;1-4-5(2)3;1-2/h10-14H,4-9H2,1-3H3,(H,17,19)(H,18,20);6-9,14H,4-5,10-11H2,1-3H3;4H,1-3H3;4-5H,1H2,2-3H3;1-2H/b;7-6-,9-8-,13-12-;;;. The Hall–Kier alpha value is -2.87. The van der Waals surface area contributed by atoms with Crippen molar-refractivity contribution in [3.05, 3.63) is 48.1 Å². The minimum Gasteiger partial charge on any atom is -0.358 e. The third-order valence-electron chi connectivity index (χ3n) is 9.21. The Labute approximate surface area is 291 Å². The van der Waals surface area contributed by atoms with Gasteiger partial charge in [0.2, 0.25) is 12.3 Å². The zero-order valence-corrected chi connectivity index (χ0v) is 32.2. The molecule has 268 valence electrons. The van der Waals surface area contributed by atoms with Gasteiger partial charge in [-0.1, -0.05) is 102 Å². The molecule has 0 bridgehead atoms. The van der Waals surface area contributed by atoms with Gasteiger partial charge in [0.15, 0.2) is 0 Å². The highest BCUT2D eigenvalue weighted by atomic mass is 16.2. The maximum Gasteiger partial charge on any atom is 0.224 e. The zero-order chi connectivity index (χ0) is 36.6. The highest BCUT2D eigenvalue weighted by molar-refractivity contribution is 5.81. The topological polar surface area (TPSA) is 75.3 Å². The normalized spacial score (nSPS) is 20.4. The van der Waals surface area contributed by atoms with E-state index in [2.05, 4.69) is 110 Å². The summed E-state index contributed by atoms with van der Waals surface area (Å²) in [6, 6.07) is 0. The van der Waals surface area contributed by atoms with E-state index in [4.69, 9.17) is 0 Å². The lowest BCUT2D eigenvalue weighted by atomic mass is 9.62. The van der Waals surface area contributed by atoms with Crippen molar-refractivity contribution in [1.29, 1.82) is 0 Å². The SMILES string of the molecule is C#C.C=CC(C)C.CC(=O)C(C)C.CCC(C)(C)NC(=O)C1C(CNC=O)CC1CC1CC1.CCC\C=C/C=C\C(C)=C(\C)C1CC1. The molecule has 0 aromatic rings. The summed E-state index contributed by atoms with van der Waals surface area (Å²) >= 11 is 0. The van der Waals surface area contributed by atoms with E-state index in [1.807, 2.05) is 19.9 Å². The van der Waals surface area contributed by atoms with Crippen LogP contribution >= 0.6 is 0 Å². The number of hydrogen-bond acceptors (Lipinski definition) is 3. The van der Waals surface area contributed by atoms with Crippen molar-refractivity contribution in [1.82, 2.24) is 10.6 Å². The fourth-order valence-corrected chi connectivity index (χ4v) is 4.75. The van der Waals surface area contributed by atoms with E-state index in [0.717, 1.165) is 31.1 Å². The lowest BCUT2D eigenvalue weighted by molar-refractivity contribution is -0.137. The third-order valence-corrected chi connectivity index (χ3v) is 9.21. The number of rotatable bonds is 15. The van der Waals surface area contributed by atoms with Crippen LogP contribution in [0, 0.1) is 54.3 Å². The molecule has 3 aliphatic carbocycles. The van der Waals surface area contributed by atoms with Crippen LogP contribution in [0.15, 0.2) is 48.1 Å². The predicted molar refractivity (Wildman–Crippen MR) is 204 cm³/mol. The van der Waals surface area contributed by atoms with Crippen LogP contribution in [0.2, 0.25) is 0 Å². The van der Waals surface area contributed by atoms with Crippen molar-refractivity contribution in [2.24, 2.45) is 41.4 Å². The highest BCUT2D eigenvalue weighted by Gasteiger charge is 2.47. The van der Waals surface area contributed by atoms with E-state index in [-0.39, 0.29) is 29.1 Å². The van der Waals surface area contributed by atoms with Gasteiger partial charge in [-0.15, -0.1) is 19.4 Å². The molecule has 0 aromatic heterocycles. The molecular weight excluding hydrogens is 580 g/mol. The van der Waals surface area contributed by atoms with Crippen LogP contribution in [-0.2, 0) is 14.4 Å². The molecule has 5 nitrogen and oxygen atoms in total. The van der Waals surface area contributed by atoms with Crippen molar-refractivity contribution in [2.45, 2.75) is 139 Å². The summed E-state index contributed by atoms with van der Waals surface area (Å²) in [7, 11) is 0. The predicted octanol–water partition coefficient (Wildman–Crippen LogP) is 10.0. The number of allylic oxidation sites excluding steroid dienone is 7. The molecule has 3 saturated carbocycles. The molecule has 0 radical (unpaired) electrons. The second-order valence-electron chi connectivity index (χ2n) is 14.7. The third kappa shape index (κ3) is 23.2. The molecule has 0 aromatic carbocycles. The molecule has 3 rings (SSSR count). The number of hydrogen-bond donors (Lipinski definition) is 2. The maximum atomic E-state index is 12.6. The van der Waals surface area contributed by atoms with Crippen molar-refractivity contribution in [3.8, 4) is 12.8 Å². The molecular formula is C42H72N2O3. The molecule has 3 aliphatic rings. The van der Waals surface area contributed by atoms with Crippen LogP contribution in [0.5, 0.6) is 0 Å². The number of ketones is 1. The first-order valence-electron chi connectivity index (χ1n) is 18.1. The molecule has 3 fully saturated rings. The summed E-state index contributed by atoms with van der Waals surface area (Å²) in [5, 5.41) is 5.92. The lowest BCUT2D eigenvalue weighted by Gasteiger charge is -2.45. The van der Waals surface area contributed by atoms with Gasteiger partial charge in [0.25, 0.3) is 0 Å². The summed E-state index contributed by atoms with van der Waals surface area (Å²) in [5.41, 5.74) is 2.90. The van der Waals surface area contributed by atoms with Crippen molar-refractivity contribution in [3.63, 3.8) is 0 Å². The molecule has 0 spiro atoms. The fourth-order valence-electron chi connectivity index (χ4n) is 4.75. The van der Waals surface area contributed by atoms with Crippen molar-refractivity contribution in [2.75, 3.05) is 6.54 Å². The minimum atomic E-state index is -0.139. The number of unbranched alkanes of at least 4 members (excludes halogenated alkanes) is 1. The van der Waals surface area contributed by atoms with E-state index in [1.165, 1.54) is 50.5 Å². The van der Waals surface area contributed by atoms with Gasteiger partial charge in [-0.3, -0.25) is 14.4 Å². The van der Waals surface area contributed by atoms with Crippen LogP contribution in [-0.4, -0.2) is 30.2 Å².